The monoisotopic (exact) mass is 292 g/mol. The Hall–Kier alpha value is -1.32. The van der Waals surface area contributed by atoms with E-state index >= 15 is 0 Å². The average molecular weight is 293 g/mol. The van der Waals surface area contributed by atoms with Gasteiger partial charge in [-0.15, -0.1) is 11.6 Å². The number of para-hydroxylation sites is 1. The fourth-order valence-electron chi connectivity index (χ4n) is 1.78. The predicted molar refractivity (Wildman–Crippen MR) is 84.6 cm³/mol. The van der Waals surface area contributed by atoms with E-state index < -0.39 is 0 Å². The Morgan fingerprint density at radius 1 is 1.25 bits per heavy atom. The zero-order valence-corrected chi connectivity index (χ0v) is 13.2. The van der Waals surface area contributed by atoms with E-state index in [0.29, 0.717) is 18.4 Å². The molecule has 2 aromatic rings. The Morgan fingerprint density at radius 2 is 1.95 bits per heavy atom. The lowest BCUT2D eigenvalue weighted by atomic mass is 10.1. The summed E-state index contributed by atoms with van der Waals surface area (Å²) >= 11 is 6.03. The number of benzene rings is 1. The summed E-state index contributed by atoms with van der Waals surface area (Å²) in [6.45, 7) is 4.85. The fourth-order valence-corrected chi connectivity index (χ4v) is 2.01. The molecule has 1 aromatic heterocycles. The van der Waals surface area contributed by atoms with Crippen molar-refractivity contribution in [1.82, 2.24) is 9.88 Å². The first kappa shape index (κ1) is 15.1. The summed E-state index contributed by atoms with van der Waals surface area (Å²) in [6.07, 6.45) is 0. The first-order valence-electron chi connectivity index (χ1n) is 6.69. The second kappa shape index (κ2) is 5.98. The van der Waals surface area contributed by atoms with Crippen molar-refractivity contribution in [3.05, 3.63) is 35.9 Å². The number of nitrogens with zero attached hydrogens (tertiary/aromatic N) is 2. The highest BCUT2D eigenvalue weighted by atomic mass is 35.5. The summed E-state index contributed by atoms with van der Waals surface area (Å²) in [5.74, 6) is 1.09. The Bertz CT molecular complexity index is 596. The first-order valence-corrected chi connectivity index (χ1v) is 7.22. The van der Waals surface area contributed by atoms with Crippen LogP contribution in [0.5, 0.6) is 5.88 Å². The van der Waals surface area contributed by atoms with E-state index in [4.69, 9.17) is 16.3 Å². The van der Waals surface area contributed by atoms with Crippen LogP contribution in [0.3, 0.4) is 0 Å². The lowest BCUT2D eigenvalue weighted by molar-refractivity contribution is 0.111. The summed E-state index contributed by atoms with van der Waals surface area (Å²) in [5.41, 5.74) is 1.92. The lowest BCUT2D eigenvalue weighted by Crippen LogP contribution is -2.43. The van der Waals surface area contributed by atoms with E-state index in [1.807, 2.05) is 44.4 Å². The third kappa shape index (κ3) is 3.22. The van der Waals surface area contributed by atoms with Crippen molar-refractivity contribution < 1.29 is 4.74 Å². The number of hydrogen-bond donors (Lipinski definition) is 0. The molecule has 0 bridgehead atoms. The standard InChI is InChI=1S/C16H21ClN2O/c1-16(2,19(3)4)11-20-15-9-12(10-17)13-7-5-6-8-14(13)18-15/h5-9H,10-11H2,1-4H3. The SMILES string of the molecule is CN(C)C(C)(C)COc1cc(CCl)c2ccccc2n1. The number of fused-ring (bicyclic) bond motifs is 1. The molecule has 0 saturated heterocycles. The molecule has 1 heterocycles. The van der Waals surface area contributed by atoms with Crippen LogP contribution in [0.15, 0.2) is 30.3 Å². The molecular weight excluding hydrogens is 272 g/mol. The smallest absolute Gasteiger partial charge is 0.214 e. The first-order chi connectivity index (χ1) is 9.44. The molecule has 2 rings (SSSR count). The quantitative estimate of drug-likeness (QED) is 0.786. The molecule has 1 aromatic carbocycles. The largest absolute Gasteiger partial charge is 0.476 e. The minimum atomic E-state index is -0.0472. The summed E-state index contributed by atoms with van der Waals surface area (Å²) in [6, 6.07) is 9.92. The van der Waals surface area contributed by atoms with Crippen molar-refractivity contribution in [2.75, 3.05) is 20.7 Å². The van der Waals surface area contributed by atoms with Gasteiger partial charge < -0.3 is 9.64 Å². The summed E-state index contributed by atoms with van der Waals surface area (Å²) in [5, 5.41) is 1.08. The maximum absolute atomic E-state index is 6.03. The Morgan fingerprint density at radius 3 is 2.60 bits per heavy atom. The van der Waals surface area contributed by atoms with Crippen LogP contribution in [0.2, 0.25) is 0 Å². The number of alkyl halides is 1. The molecule has 0 radical (unpaired) electrons. The number of halogens is 1. The highest BCUT2D eigenvalue weighted by molar-refractivity contribution is 6.18. The molecule has 0 saturated carbocycles. The molecular formula is C16H21ClN2O. The maximum Gasteiger partial charge on any atom is 0.214 e. The molecule has 0 aliphatic heterocycles. The molecule has 20 heavy (non-hydrogen) atoms. The molecule has 0 fully saturated rings. The van der Waals surface area contributed by atoms with Crippen LogP contribution < -0.4 is 4.74 Å². The Balaban J connectivity index is 2.27. The van der Waals surface area contributed by atoms with E-state index in [1.165, 1.54) is 0 Å². The van der Waals surface area contributed by atoms with E-state index in [9.17, 15) is 0 Å². The van der Waals surface area contributed by atoms with Gasteiger partial charge in [0.2, 0.25) is 5.88 Å². The predicted octanol–water partition coefficient (Wildman–Crippen LogP) is 3.69. The van der Waals surface area contributed by atoms with Crippen molar-refractivity contribution in [3.63, 3.8) is 0 Å². The molecule has 3 nitrogen and oxygen atoms in total. The van der Waals surface area contributed by atoms with Crippen LogP contribution in [-0.4, -0.2) is 36.1 Å². The average Bonchev–Trinajstić information content (AvgIpc) is 2.44. The second-order valence-corrected chi connectivity index (χ2v) is 6.03. The van der Waals surface area contributed by atoms with Gasteiger partial charge in [0.1, 0.15) is 6.61 Å². The van der Waals surface area contributed by atoms with Crippen LogP contribution in [-0.2, 0) is 5.88 Å². The molecule has 0 spiro atoms. The third-order valence-corrected chi connectivity index (χ3v) is 3.99. The van der Waals surface area contributed by atoms with Crippen molar-refractivity contribution in [3.8, 4) is 5.88 Å². The van der Waals surface area contributed by atoms with Crippen molar-refractivity contribution in [2.24, 2.45) is 0 Å². The van der Waals surface area contributed by atoms with Gasteiger partial charge in [0.15, 0.2) is 0 Å². The normalized spacial score (nSPS) is 12.1. The molecule has 0 unspecified atom stereocenters. The highest BCUT2D eigenvalue weighted by Crippen LogP contribution is 2.24. The van der Waals surface area contributed by atoms with Crippen LogP contribution >= 0.6 is 11.6 Å². The van der Waals surface area contributed by atoms with Gasteiger partial charge in [-0.05, 0) is 39.6 Å². The number of ether oxygens (including phenoxy) is 1. The number of pyridine rings is 1. The Kier molecular flexibility index (Phi) is 4.51. The van der Waals surface area contributed by atoms with Crippen LogP contribution in [0.25, 0.3) is 10.9 Å². The van der Waals surface area contributed by atoms with Gasteiger partial charge in [0.05, 0.1) is 5.52 Å². The number of rotatable bonds is 5. The second-order valence-electron chi connectivity index (χ2n) is 5.77. The summed E-state index contributed by atoms with van der Waals surface area (Å²) in [4.78, 5) is 6.68. The van der Waals surface area contributed by atoms with Crippen molar-refractivity contribution in [2.45, 2.75) is 25.3 Å². The van der Waals surface area contributed by atoms with Gasteiger partial charge in [-0.2, -0.15) is 0 Å². The molecule has 0 atom stereocenters. The zero-order chi connectivity index (χ0) is 14.8. The number of hydrogen-bond acceptors (Lipinski definition) is 3. The van der Waals surface area contributed by atoms with Gasteiger partial charge in [0, 0.05) is 22.9 Å². The highest BCUT2D eigenvalue weighted by Gasteiger charge is 2.21. The van der Waals surface area contributed by atoms with Gasteiger partial charge in [-0.1, -0.05) is 18.2 Å². The molecule has 108 valence electrons. The van der Waals surface area contributed by atoms with Gasteiger partial charge in [-0.3, -0.25) is 0 Å². The van der Waals surface area contributed by atoms with Gasteiger partial charge in [-0.25, -0.2) is 4.98 Å². The van der Waals surface area contributed by atoms with Crippen LogP contribution in [0, 0.1) is 0 Å². The minimum Gasteiger partial charge on any atom is -0.476 e. The van der Waals surface area contributed by atoms with E-state index in [0.717, 1.165) is 16.5 Å². The van der Waals surface area contributed by atoms with Crippen LogP contribution in [0.4, 0.5) is 0 Å². The number of likely N-dealkylation sites (N-methyl/N-ethyl adjacent to an activating group) is 1. The molecule has 0 amide bonds. The Labute approximate surface area is 125 Å². The zero-order valence-electron chi connectivity index (χ0n) is 12.5. The maximum atomic E-state index is 6.03. The molecule has 0 aliphatic carbocycles. The fraction of sp³-hybridized carbons (Fsp3) is 0.438. The van der Waals surface area contributed by atoms with Gasteiger partial charge >= 0.3 is 0 Å². The van der Waals surface area contributed by atoms with E-state index in [1.54, 1.807) is 0 Å². The summed E-state index contributed by atoms with van der Waals surface area (Å²) < 4.78 is 5.87. The van der Waals surface area contributed by atoms with Crippen LogP contribution in [0.1, 0.15) is 19.4 Å². The minimum absolute atomic E-state index is 0.0472. The molecule has 0 aliphatic rings. The molecule has 4 heteroatoms. The topological polar surface area (TPSA) is 25.4 Å². The van der Waals surface area contributed by atoms with Crippen molar-refractivity contribution in [1.29, 1.82) is 0 Å². The van der Waals surface area contributed by atoms with E-state index in [-0.39, 0.29) is 5.54 Å². The molecule has 0 N–H and O–H groups in total. The van der Waals surface area contributed by atoms with Gasteiger partial charge in [0.25, 0.3) is 0 Å². The van der Waals surface area contributed by atoms with Crippen molar-refractivity contribution >= 4 is 22.5 Å². The van der Waals surface area contributed by atoms with E-state index in [2.05, 4.69) is 23.7 Å². The third-order valence-electron chi connectivity index (χ3n) is 3.71. The number of aromatic nitrogens is 1. The lowest BCUT2D eigenvalue weighted by Gasteiger charge is -2.31. The summed E-state index contributed by atoms with van der Waals surface area (Å²) in [7, 11) is 4.09.